The summed E-state index contributed by atoms with van der Waals surface area (Å²) in [5, 5.41) is 0. The van der Waals surface area contributed by atoms with Gasteiger partial charge in [0.2, 0.25) is 0 Å². The van der Waals surface area contributed by atoms with Crippen molar-refractivity contribution in [2.75, 3.05) is 10.0 Å². The number of nitrogens with two attached hydrogens (primary N) is 1. The van der Waals surface area contributed by atoms with E-state index in [1.807, 2.05) is 19.9 Å². The Bertz CT molecular complexity index is 814. The minimum Gasteiger partial charge on any atom is -0.399 e. The second-order valence-corrected chi connectivity index (χ2v) is 9.63. The van der Waals surface area contributed by atoms with Crippen LogP contribution in [0.2, 0.25) is 0 Å². The molecule has 0 saturated heterocycles. The molecule has 21 heavy (non-hydrogen) atoms. The molecular formula is C14H15BrN2O2S2. The molecule has 0 bridgehead atoms. The number of hydrogen-bond acceptors (Lipinski definition) is 4. The molecule has 0 amide bonds. The molecule has 2 heterocycles. The molecule has 1 aromatic carbocycles. The van der Waals surface area contributed by atoms with Gasteiger partial charge in [0, 0.05) is 16.6 Å². The minimum atomic E-state index is -3.55. The zero-order valence-corrected chi connectivity index (χ0v) is 14.8. The molecule has 2 aromatic rings. The Hall–Kier alpha value is -1.05. The third kappa shape index (κ3) is 2.37. The van der Waals surface area contributed by atoms with Gasteiger partial charge in [0.05, 0.1) is 9.47 Å². The number of anilines is 2. The number of benzene rings is 1. The molecule has 1 unspecified atom stereocenters. The lowest BCUT2D eigenvalue weighted by molar-refractivity contribution is 0.584. The van der Waals surface area contributed by atoms with Gasteiger partial charge in [-0.05, 0) is 66.0 Å². The molecular weight excluding hydrogens is 372 g/mol. The van der Waals surface area contributed by atoms with Crippen LogP contribution in [0.4, 0.5) is 11.4 Å². The number of fused-ring (bicyclic) bond motifs is 1. The number of nitrogens with zero attached hydrogens (tertiary/aromatic N) is 1. The van der Waals surface area contributed by atoms with Crippen molar-refractivity contribution in [2.24, 2.45) is 0 Å². The Labute approximate surface area is 136 Å². The van der Waals surface area contributed by atoms with Gasteiger partial charge < -0.3 is 5.73 Å². The maximum Gasteiger partial charge on any atom is 0.265 e. The van der Waals surface area contributed by atoms with Gasteiger partial charge in [-0.25, -0.2) is 8.42 Å². The second-order valence-electron chi connectivity index (χ2n) is 5.21. The first-order valence-corrected chi connectivity index (χ1v) is 9.54. The van der Waals surface area contributed by atoms with Crippen molar-refractivity contribution in [3.05, 3.63) is 38.5 Å². The summed E-state index contributed by atoms with van der Waals surface area (Å²) in [7, 11) is -3.55. The summed E-state index contributed by atoms with van der Waals surface area (Å²) >= 11 is 4.79. The fourth-order valence-electron chi connectivity index (χ4n) is 2.78. The average Bonchev–Trinajstić information content (AvgIpc) is 2.88. The highest BCUT2D eigenvalue weighted by atomic mass is 79.9. The number of rotatable bonds is 2. The lowest BCUT2D eigenvalue weighted by atomic mass is 10.1. The molecule has 0 fully saturated rings. The number of thiophene rings is 1. The molecule has 1 atom stereocenters. The van der Waals surface area contributed by atoms with Crippen molar-refractivity contribution in [3.63, 3.8) is 0 Å². The first kappa shape index (κ1) is 14.9. The van der Waals surface area contributed by atoms with E-state index < -0.39 is 10.0 Å². The van der Waals surface area contributed by atoms with Crippen LogP contribution in [0.5, 0.6) is 0 Å². The molecule has 1 aliphatic heterocycles. The lowest BCUT2D eigenvalue weighted by Gasteiger charge is -2.24. The third-order valence-electron chi connectivity index (χ3n) is 3.64. The van der Waals surface area contributed by atoms with Crippen molar-refractivity contribution in [1.29, 1.82) is 0 Å². The summed E-state index contributed by atoms with van der Waals surface area (Å²) < 4.78 is 28.4. The summed E-state index contributed by atoms with van der Waals surface area (Å²) in [6, 6.07) is 6.97. The Morgan fingerprint density at radius 1 is 1.38 bits per heavy atom. The minimum absolute atomic E-state index is 0.107. The van der Waals surface area contributed by atoms with Gasteiger partial charge in [-0.1, -0.05) is 0 Å². The summed E-state index contributed by atoms with van der Waals surface area (Å²) in [6.45, 7) is 3.75. The molecule has 0 aliphatic carbocycles. The van der Waals surface area contributed by atoms with Crippen LogP contribution in [0.1, 0.15) is 17.4 Å². The Balaban J connectivity index is 2.15. The second kappa shape index (κ2) is 5.00. The van der Waals surface area contributed by atoms with Crippen molar-refractivity contribution in [1.82, 2.24) is 0 Å². The Morgan fingerprint density at radius 2 is 2.10 bits per heavy atom. The van der Waals surface area contributed by atoms with E-state index in [1.165, 1.54) is 15.6 Å². The lowest BCUT2D eigenvalue weighted by Crippen LogP contribution is -2.35. The maximum atomic E-state index is 13.0. The van der Waals surface area contributed by atoms with Gasteiger partial charge in [0.25, 0.3) is 10.0 Å². The van der Waals surface area contributed by atoms with Crippen LogP contribution < -0.4 is 10.0 Å². The highest BCUT2D eigenvalue weighted by Crippen LogP contribution is 2.40. The van der Waals surface area contributed by atoms with Gasteiger partial charge in [-0.2, -0.15) is 0 Å². The number of aryl methyl sites for hydroxylation is 1. The van der Waals surface area contributed by atoms with E-state index >= 15 is 0 Å². The highest BCUT2D eigenvalue weighted by molar-refractivity contribution is 9.11. The van der Waals surface area contributed by atoms with E-state index in [2.05, 4.69) is 15.9 Å². The molecule has 4 nitrogen and oxygen atoms in total. The van der Waals surface area contributed by atoms with Crippen LogP contribution in [0.3, 0.4) is 0 Å². The summed E-state index contributed by atoms with van der Waals surface area (Å²) in [6.07, 6.45) is 0.684. The quantitative estimate of drug-likeness (QED) is 0.802. The average molecular weight is 387 g/mol. The largest absolute Gasteiger partial charge is 0.399 e. The third-order valence-corrected chi connectivity index (χ3v) is 7.37. The van der Waals surface area contributed by atoms with Gasteiger partial charge in [0.15, 0.2) is 0 Å². The van der Waals surface area contributed by atoms with E-state index in [0.717, 1.165) is 19.9 Å². The van der Waals surface area contributed by atoms with E-state index in [9.17, 15) is 8.42 Å². The zero-order chi connectivity index (χ0) is 15.4. The summed E-state index contributed by atoms with van der Waals surface area (Å²) in [5.41, 5.74) is 8.18. The normalized spacial score (nSPS) is 18.0. The van der Waals surface area contributed by atoms with E-state index in [1.54, 1.807) is 18.2 Å². The zero-order valence-electron chi connectivity index (χ0n) is 11.6. The SMILES string of the molecule is Cc1sc(Br)cc1S(=O)(=O)N1c2ccc(N)cc2CC1C. The molecule has 2 N–H and O–H groups in total. The smallest absolute Gasteiger partial charge is 0.265 e. The topological polar surface area (TPSA) is 63.4 Å². The van der Waals surface area contributed by atoms with E-state index in [0.29, 0.717) is 17.0 Å². The number of hydrogen-bond donors (Lipinski definition) is 1. The Morgan fingerprint density at radius 3 is 2.71 bits per heavy atom. The van der Waals surface area contributed by atoms with Gasteiger partial charge in [0.1, 0.15) is 4.90 Å². The molecule has 1 aliphatic rings. The van der Waals surface area contributed by atoms with E-state index in [-0.39, 0.29) is 6.04 Å². The Kier molecular flexibility index (Phi) is 3.54. The first-order valence-electron chi connectivity index (χ1n) is 6.49. The van der Waals surface area contributed by atoms with Crippen molar-refractivity contribution < 1.29 is 8.42 Å². The number of sulfonamides is 1. The van der Waals surface area contributed by atoms with Crippen LogP contribution in [-0.4, -0.2) is 14.5 Å². The predicted molar refractivity (Wildman–Crippen MR) is 90.4 cm³/mol. The van der Waals surface area contributed by atoms with E-state index in [4.69, 9.17) is 5.73 Å². The van der Waals surface area contributed by atoms with Crippen molar-refractivity contribution in [3.8, 4) is 0 Å². The summed E-state index contributed by atoms with van der Waals surface area (Å²) in [5.74, 6) is 0. The van der Waals surface area contributed by atoms with Crippen molar-refractivity contribution >= 4 is 48.7 Å². The number of halogens is 1. The molecule has 3 rings (SSSR count). The molecule has 1 aromatic heterocycles. The molecule has 0 spiro atoms. The van der Waals surface area contributed by atoms with Gasteiger partial charge in [-0.15, -0.1) is 11.3 Å². The standard InChI is InChI=1S/C14H15BrN2O2S2/c1-8-5-10-6-11(16)3-4-12(10)17(8)21(18,19)13-7-14(15)20-9(13)2/h3-4,6-8H,5,16H2,1-2H3. The van der Waals surface area contributed by atoms with Crippen LogP contribution in [0.25, 0.3) is 0 Å². The first-order chi connectivity index (χ1) is 9.80. The molecule has 7 heteroatoms. The molecule has 0 radical (unpaired) electrons. The predicted octanol–water partition coefficient (Wildman–Crippen LogP) is 3.54. The van der Waals surface area contributed by atoms with Gasteiger partial charge >= 0.3 is 0 Å². The maximum absolute atomic E-state index is 13.0. The van der Waals surface area contributed by atoms with Gasteiger partial charge in [-0.3, -0.25) is 4.31 Å². The monoisotopic (exact) mass is 386 g/mol. The molecule has 112 valence electrons. The summed E-state index contributed by atoms with van der Waals surface area (Å²) in [4.78, 5) is 1.16. The highest BCUT2D eigenvalue weighted by Gasteiger charge is 2.37. The van der Waals surface area contributed by atoms with Crippen LogP contribution >= 0.6 is 27.3 Å². The fraction of sp³-hybridized carbons (Fsp3) is 0.286. The fourth-order valence-corrected chi connectivity index (χ4v) is 6.86. The van der Waals surface area contributed by atoms with Crippen LogP contribution in [-0.2, 0) is 16.4 Å². The molecule has 0 saturated carbocycles. The van der Waals surface area contributed by atoms with Crippen LogP contribution in [0.15, 0.2) is 32.9 Å². The number of nitrogen functional groups attached to an aromatic ring is 1. The van der Waals surface area contributed by atoms with Crippen LogP contribution in [0, 0.1) is 6.92 Å². The van der Waals surface area contributed by atoms with Crippen molar-refractivity contribution in [2.45, 2.75) is 31.2 Å².